The number of aryl methyl sites for hydroxylation is 1. The van der Waals surface area contributed by atoms with Crippen LogP contribution in [-0.2, 0) is 6.61 Å². The lowest BCUT2D eigenvalue weighted by atomic mass is 10.1. The van der Waals surface area contributed by atoms with Gasteiger partial charge in [0, 0.05) is 11.8 Å². The summed E-state index contributed by atoms with van der Waals surface area (Å²) in [7, 11) is 0. The summed E-state index contributed by atoms with van der Waals surface area (Å²) in [6.45, 7) is 2.33. The van der Waals surface area contributed by atoms with Gasteiger partial charge in [-0.2, -0.15) is 0 Å². The number of ether oxygens (including phenoxy) is 1. The molecule has 0 saturated carbocycles. The topological polar surface area (TPSA) is 35.2 Å². The van der Waals surface area contributed by atoms with E-state index in [9.17, 15) is 4.39 Å². The molecule has 0 atom stereocenters. The van der Waals surface area contributed by atoms with E-state index in [1.807, 2.05) is 25.1 Å². The third-order valence-corrected chi connectivity index (χ3v) is 2.55. The van der Waals surface area contributed by atoms with Gasteiger partial charge in [0.15, 0.2) is 0 Å². The van der Waals surface area contributed by atoms with Crippen LogP contribution in [-0.4, -0.2) is 0 Å². The predicted octanol–water partition coefficient (Wildman–Crippen LogP) is 3.30. The molecule has 0 heterocycles. The van der Waals surface area contributed by atoms with Crippen LogP contribution in [0.15, 0.2) is 42.5 Å². The summed E-state index contributed by atoms with van der Waals surface area (Å²) in [6, 6.07) is 11.8. The minimum atomic E-state index is -0.300. The number of rotatable bonds is 3. The van der Waals surface area contributed by atoms with E-state index in [4.69, 9.17) is 10.5 Å². The molecule has 2 rings (SSSR count). The first-order chi connectivity index (χ1) is 8.15. The zero-order valence-corrected chi connectivity index (χ0v) is 9.61. The smallest absolute Gasteiger partial charge is 0.126 e. The fourth-order valence-electron chi connectivity index (χ4n) is 1.50. The van der Waals surface area contributed by atoms with Crippen LogP contribution in [0.3, 0.4) is 0 Å². The number of hydrogen-bond donors (Lipinski definition) is 1. The van der Waals surface area contributed by atoms with Crippen LogP contribution in [0.2, 0.25) is 0 Å². The zero-order chi connectivity index (χ0) is 12.3. The van der Waals surface area contributed by atoms with E-state index < -0.39 is 0 Å². The first-order valence-electron chi connectivity index (χ1n) is 5.38. The minimum Gasteiger partial charge on any atom is -0.489 e. The second kappa shape index (κ2) is 4.87. The lowest BCUT2D eigenvalue weighted by Crippen LogP contribution is -1.98. The molecule has 0 fully saturated rings. The first-order valence-corrected chi connectivity index (χ1v) is 5.38. The van der Waals surface area contributed by atoms with Crippen LogP contribution in [0.4, 0.5) is 10.1 Å². The second-order valence-corrected chi connectivity index (χ2v) is 3.94. The quantitative estimate of drug-likeness (QED) is 0.822. The Bertz CT molecular complexity index is 525. The normalized spacial score (nSPS) is 10.2. The van der Waals surface area contributed by atoms with Crippen molar-refractivity contribution in [1.82, 2.24) is 0 Å². The summed E-state index contributed by atoms with van der Waals surface area (Å²) in [5.41, 5.74) is 8.55. The van der Waals surface area contributed by atoms with Crippen LogP contribution in [0, 0.1) is 12.7 Å². The summed E-state index contributed by atoms with van der Waals surface area (Å²) in [6.07, 6.45) is 0. The van der Waals surface area contributed by atoms with E-state index in [1.54, 1.807) is 12.1 Å². The molecule has 0 bridgehead atoms. The van der Waals surface area contributed by atoms with Crippen molar-refractivity contribution in [3.05, 3.63) is 59.4 Å². The van der Waals surface area contributed by atoms with Crippen LogP contribution < -0.4 is 10.5 Å². The highest BCUT2D eigenvalue weighted by atomic mass is 19.1. The Morgan fingerprint density at radius 2 is 2.00 bits per heavy atom. The molecule has 0 aliphatic carbocycles. The highest BCUT2D eigenvalue weighted by Crippen LogP contribution is 2.17. The highest BCUT2D eigenvalue weighted by Gasteiger charge is 1.99. The summed E-state index contributed by atoms with van der Waals surface area (Å²) < 4.78 is 18.4. The lowest BCUT2D eigenvalue weighted by Gasteiger charge is -2.08. The number of anilines is 1. The van der Waals surface area contributed by atoms with Gasteiger partial charge >= 0.3 is 0 Å². The molecule has 88 valence electrons. The maximum Gasteiger partial charge on any atom is 0.126 e. The molecule has 17 heavy (non-hydrogen) atoms. The van der Waals surface area contributed by atoms with Gasteiger partial charge in [0.25, 0.3) is 0 Å². The molecule has 0 spiro atoms. The molecule has 2 aromatic carbocycles. The Balaban J connectivity index is 2.05. The van der Waals surface area contributed by atoms with E-state index in [0.29, 0.717) is 12.4 Å². The first kappa shape index (κ1) is 11.5. The largest absolute Gasteiger partial charge is 0.489 e. The monoisotopic (exact) mass is 231 g/mol. The predicted molar refractivity (Wildman–Crippen MR) is 66.3 cm³/mol. The van der Waals surface area contributed by atoms with Gasteiger partial charge in [-0.3, -0.25) is 0 Å². The molecule has 0 radical (unpaired) electrons. The van der Waals surface area contributed by atoms with Gasteiger partial charge in [-0.05, 0) is 36.2 Å². The van der Waals surface area contributed by atoms with Gasteiger partial charge < -0.3 is 10.5 Å². The van der Waals surface area contributed by atoms with Gasteiger partial charge in [0.2, 0.25) is 0 Å². The number of benzene rings is 2. The van der Waals surface area contributed by atoms with Crippen molar-refractivity contribution < 1.29 is 9.13 Å². The Morgan fingerprint density at radius 3 is 2.71 bits per heavy atom. The summed E-state index contributed by atoms with van der Waals surface area (Å²) in [5, 5.41) is 0. The van der Waals surface area contributed by atoms with E-state index in [2.05, 4.69) is 0 Å². The van der Waals surface area contributed by atoms with Crippen molar-refractivity contribution in [3.63, 3.8) is 0 Å². The number of hydrogen-bond acceptors (Lipinski definition) is 2. The fourth-order valence-corrected chi connectivity index (χ4v) is 1.50. The molecule has 3 heteroatoms. The van der Waals surface area contributed by atoms with E-state index in [-0.39, 0.29) is 5.82 Å². The summed E-state index contributed by atoms with van der Waals surface area (Å²) in [4.78, 5) is 0. The van der Waals surface area contributed by atoms with Gasteiger partial charge in [0.05, 0.1) is 0 Å². The SMILES string of the molecule is Cc1ccc(COc2cccc(F)c2)cc1N. The average molecular weight is 231 g/mol. The van der Waals surface area contributed by atoms with Crippen molar-refractivity contribution in [2.75, 3.05) is 5.73 Å². The zero-order valence-electron chi connectivity index (χ0n) is 9.61. The molecule has 0 aliphatic heterocycles. The Morgan fingerprint density at radius 1 is 1.18 bits per heavy atom. The van der Waals surface area contributed by atoms with Crippen molar-refractivity contribution in [2.24, 2.45) is 0 Å². The average Bonchev–Trinajstić information content (AvgIpc) is 2.31. The molecule has 0 aliphatic rings. The molecule has 2 nitrogen and oxygen atoms in total. The van der Waals surface area contributed by atoms with Crippen molar-refractivity contribution in [3.8, 4) is 5.75 Å². The molecule has 2 aromatic rings. The molecular weight excluding hydrogens is 217 g/mol. The van der Waals surface area contributed by atoms with E-state index in [1.165, 1.54) is 12.1 Å². The molecule has 0 saturated heterocycles. The number of nitrogens with two attached hydrogens (primary N) is 1. The third kappa shape index (κ3) is 2.97. The van der Waals surface area contributed by atoms with Gasteiger partial charge in [0.1, 0.15) is 18.2 Å². The summed E-state index contributed by atoms with van der Waals surface area (Å²) >= 11 is 0. The van der Waals surface area contributed by atoms with E-state index in [0.717, 1.165) is 16.8 Å². The van der Waals surface area contributed by atoms with Crippen molar-refractivity contribution >= 4 is 5.69 Å². The van der Waals surface area contributed by atoms with Crippen LogP contribution >= 0.6 is 0 Å². The Labute approximate surface area is 99.8 Å². The van der Waals surface area contributed by atoms with Gasteiger partial charge in [-0.25, -0.2) is 4.39 Å². The van der Waals surface area contributed by atoms with E-state index >= 15 is 0 Å². The minimum absolute atomic E-state index is 0.300. The van der Waals surface area contributed by atoms with Crippen molar-refractivity contribution in [2.45, 2.75) is 13.5 Å². The van der Waals surface area contributed by atoms with Gasteiger partial charge in [-0.1, -0.05) is 18.2 Å². The second-order valence-electron chi connectivity index (χ2n) is 3.94. The fraction of sp³-hybridized carbons (Fsp3) is 0.143. The highest BCUT2D eigenvalue weighted by molar-refractivity contribution is 5.48. The Kier molecular flexibility index (Phi) is 3.28. The molecule has 0 unspecified atom stereocenters. The van der Waals surface area contributed by atoms with Crippen LogP contribution in [0.25, 0.3) is 0 Å². The Hall–Kier alpha value is -2.03. The van der Waals surface area contributed by atoms with Crippen molar-refractivity contribution in [1.29, 1.82) is 0 Å². The van der Waals surface area contributed by atoms with Crippen LogP contribution in [0.1, 0.15) is 11.1 Å². The molecule has 0 aromatic heterocycles. The number of nitrogen functional groups attached to an aromatic ring is 1. The third-order valence-electron chi connectivity index (χ3n) is 2.55. The standard InChI is InChI=1S/C14H14FNO/c1-10-5-6-11(7-14(10)16)9-17-13-4-2-3-12(15)8-13/h2-8H,9,16H2,1H3. The van der Waals surface area contributed by atoms with Gasteiger partial charge in [-0.15, -0.1) is 0 Å². The summed E-state index contributed by atoms with van der Waals surface area (Å²) in [5.74, 6) is 0.218. The maximum atomic E-state index is 12.9. The maximum absolute atomic E-state index is 12.9. The number of halogens is 1. The molecular formula is C14H14FNO. The molecule has 0 amide bonds. The molecule has 2 N–H and O–H groups in total. The lowest BCUT2D eigenvalue weighted by molar-refractivity contribution is 0.304. The van der Waals surface area contributed by atoms with Crippen LogP contribution in [0.5, 0.6) is 5.75 Å².